The lowest BCUT2D eigenvalue weighted by Gasteiger charge is -2.30. The summed E-state index contributed by atoms with van der Waals surface area (Å²) in [5, 5.41) is 17.1. The number of fused-ring (bicyclic) bond motifs is 1. The molecular weight excluding hydrogens is 448 g/mol. The molecule has 0 fully saturated rings. The van der Waals surface area contributed by atoms with Crippen LogP contribution in [0, 0.1) is 18.6 Å². The van der Waals surface area contributed by atoms with Crippen LogP contribution >= 0.6 is 0 Å². The number of aromatic nitrogens is 1. The topological polar surface area (TPSA) is 74.2 Å². The third kappa shape index (κ3) is 6.29. The van der Waals surface area contributed by atoms with E-state index in [0.29, 0.717) is 5.56 Å². The van der Waals surface area contributed by atoms with Gasteiger partial charge in [-0.2, -0.15) is 0 Å². The lowest BCUT2D eigenvalue weighted by Crippen LogP contribution is -2.48. The molecular formula is C28H31F2N3O2. The number of aliphatic hydroxyl groups excluding tert-OH is 1. The minimum Gasteiger partial charge on any atom is -0.390 e. The molecule has 0 saturated heterocycles. The van der Waals surface area contributed by atoms with Crippen molar-refractivity contribution in [2.45, 2.75) is 57.7 Å². The Bertz CT molecular complexity index is 1180. The maximum absolute atomic E-state index is 13.6. The van der Waals surface area contributed by atoms with Crippen molar-refractivity contribution in [2.75, 3.05) is 6.54 Å². The van der Waals surface area contributed by atoms with Gasteiger partial charge in [0, 0.05) is 37.3 Å². The molecule has 1 heterocycles. The van der Waals surface area contributed by atoms with Crippen LogP contribution in [-0.2, 0) is 17.6 Å². The Morgan fingerprint density at radius 1 is 1.17 bits per heavy atom. The molecule has 0 radical (unpaired) electrons. The number of nitrogens with one attached hydrogen (secondary N) is 2. The zero-order chi connectivity index (χ0) is 24.9. The molecule has 35 heavy (non-hydrogen) atoms. The Hall–Kier alpha value is -3.16. The minimum atomic E-state index is -0.947. The van der Waals surface area contributed by atoms with Crippen molar-refractivity contribution >= 4 is 5.91 Å². The molecule has 0 aliphatic heterocycles. The van der Waals surface area contributed by atoms with E-state index in [1.807, 2.05) is 19.1 Å². The lowest BCUT2D eigenvalue weighted by molar-refractivity contribution is -0.120. The molecule has 1 amide bonds. The second kappa shape index (κ2) is 11.1. The van der Waals surface area contributed by atoms with Gasteiger partial charge >= 0.3 is 0 Å². The first-order valence-corrected chi connectivity index (χ1v) is 12.0. The molecule has 7 heteroatoms. The van der Waals surface area contributed by atoms with Gasteiger partial charge in [-0.1, -0.05) is 18.2 Å². The van der Waals surface area contributed by atoms with E-state index in [9.17, 15) is 18.7 Å². The molecule has 5 nitrogen and oxygen atoms in total. The van der Waals surface area contributed by atoms with Crippen LogP contribution in [0.4, 0.5) is 8.78 Å². The van der Waals surface area contributed by atoms with Gasteiger partial charge in [-0.25, -0.2) is 8.78 Å². The van der Waals surface area contributed by atoms with Crippen molar-refractivity contribution in [3.8, 4) is 11.3 Å². The first kappa shape index (κ1) is 24.9. The number of carbonyl (C=O) groups is 1. The van der Waals surface area contributed by atoms with Crippen LogP contribution < -0.4 is 10.6 Å². The fourth-order valence-electron chi connectivity index (χ4n) is 4.88. The molecule has 1 aliphatic rings. The van der Waals surface area contributed by atoms with Gasteiger partial charge in [0.1, 0.15) is 11.6 Å². The summed E-state index contributed by atoms with van der Waals surface area (Å²) in [5.41, 5.74) is 5.95. The number of carbonyl (C=O) groups excluding carboxylic acids is 1. The number of hydrogen-bond acceptors (Lipinski definition) is 4. The van der Waals surface area contributed by atoms with E-state index >= 15 is 0 Å². The van der Waals surface area contributed by atoms with Gasteiger partial charge in [-0.3, -0.25) is 9.78 Å². The van der Waals surface area contributed by atoms with Crippen LogP contribution in [0.3, 0.4) is 0 Å². The fraction of sp³-hybridized carbons (Fsp3) is 0.357. The Morgan fingerprint density at radius 3 is 2.66 bits per heavy atom. The quantitative estimate of drug-likeness (QED) is 0.448. The number of benzene rings is 2. The number of aryl methyl sites for hydroxylation is 2. The highest BCUT2D eigenvalue weighted by Gasteiger charge is 2.25. The molecule has 184 valence electrons. The van der Waals surface area contributed by atoms with E-state index in [2.05, 4.69) is 33.8 Å². The van der Waals surface area contributed by atoms with Crippen LogP contribution in [0.25, 0.3) is 11.3 Å². The van der Waals surface area contributed by atoms with E-state index in [1.165, 1.54) is 30.2 Å². The zero-order valence-corrected chi connectivity index (χ0v) is 20.0. The molecule has 1 aromatic heterocycles. The van der Waals surface area contributed by atoms with E-state index in [-0.39, 0.29) is 24.9 Å². The van der Waals surface area contributed by atoms with Crippen molar-refractivity contribution in [3.63, 3.8) is 0 Å². The van der Waals surface area contributed by atoms with Crippen molar-refractivity contribution in [2.24, 2.45) is 0 Å². The SMILES string of the molecule is CC(=O)N[C@@H](Cc1cc(F)cc(F)c1)[C@H](O)CN[C@H]1CCCc2ccc(-c3ncccc3C)cc21. The van der Waals surface area contributed by atoms with Crippen molar-refractivity contribution in [1.29, 1.82) is 0 Å². The third-order valence-corrected chi connectivity index (χ3v) is 6.55. The molecule has 0 saturated carbocycles. The van der Waals surface area contributed by atoms with Crippen LogP contribution in [0.5, 0.6) is 0 Å². The van der Waals surface area contributed by atoms with Gasteiger partial charge in [0.15, 0.2) is 0 Å². The highest BCUT2D eigenvalue weighted by atomic mass is 19.1. The van der Waals surface area contributed by atoms with Crippen LogP contribution in [-0.4, -0.2) is 34.7 Å². The summed E-state index contributed by atoms with van der Waals surface area (Å²) >= 11 is 0. The van der Waals surface area contributed by atoms with E-state index in [0.717, 1.165) is 42.1 Å². The molecule has 2 aromatic carbocycles. The molecule has 1 aliphatic carbocycles. The summed E-state index contributed by atoms with van der Waals surface area (Å²) in [6, 6.07) is 13.0. The largest absolute Gasteiger partial charge is 0.390 e. The van der Waals surface area contributed by atoms with Crippen LogP contribution in [0.15, 0.2) is 54.7 Å². The van der Waals surface area contributed by atoms with Gasteiger partial charge < -0.3 is 15.7 Å². The standard InChI is InChI=1S/C28H31F2N3O2/c1-17-5-4-10-31-28(17)21-9-8-20-6-3-7-25(24(20)14-21)32-16-27(35)26(33-18(2)34)13-19-11-22(29)15-23(30)12-19/h4-5,8-12,14-15,25-27,32,35H,3,6-7,13,16H2,1-2H3,(H,33,34)/t25-,26-,27+/m0/s1. The summed E-state index contributed by atoms with van der Waals surface area (Å²) in [5.74, 6) is -1.69. The first-order valence-electron chi connectivity index (χ1n) is 12.0. The van der Waals surface area contributed by atoms with Gasteiger partial charge in [0.2, 0.25) is 5.91 Å². The summed E-state index contributed by atoms with van der Waals surface area (Å²) in [6.45, 7) is 3.62. The van der Waals surface area contributed by atoms with E-state index in [1.54, 1.807) is 6.20 Å². The molecule has 0 unspecified atom stereocenters. The van der Waals surface area contributed by atoms with Crippen LogP contribution in [0.2, 0.25) is 0 Å². The number of pyridine rings is 1. The molecule has 3 atom stereocenters. The normalized spacial score (nSPS) is 16.9. The minimum absolute atomic E-state index is 0.0435. The number of hydrogen-bond donors (Lipinski definition) is 3. The Labute approximate surface area is 204 Å². The second-order valence-corrected chi connectivity index (χ2v) is 9.29. The van der Waals surface area contributed by atoms with E-state index < -0.39 is 23.8 Å². The van der Waals surface area contributed by atoms with Gasteiger partial charge in [-0.15, -0.1) is 0 Å². The Morgan fingerprint density at radius 2 is 1.94 bits per heavy atom. The smallest absolute Gasteiger partial charge is 0.217 e. The van der Waals surface area contributed by atoms with Gasteiger partial charge in [0.25, 0.3) is 0 Å². The molecule has 3 aromatic rings. The van der Waals surface area contributed by atoms with Crippen molar-refractivity contribution in [3.05, 3.63) is 88.6 Å². The molecule has 0 spiro atoms. The Balaban J connectivity index is 1.49. The van der Waals surface area contributed by atoms with Crippen LogP contribution in [0.1, 0.15) is 48.1 Å². The fourth-order valence-corrected chi connectivity index (χ4v) is 4.88. The number of halogens is 2. The Kier molecular flexibility index (Phi) is 7.88. The summed E-state index contributed by atoms with van der Waals surface area (Å²) in [6.07, 6.45) is 3.90. The average molecular weight is 480 g/mol. The van der Waals surface area contributed by atoms with Gasteiger partial charge in [0.05, 0.1) is 17.8 Å². The average Bonchev–Trinajstić information content (AvgIpc) is 2.81. The lowest BCUT2D eigenvalue weighted by atomic mass is 9.85. The number of amides is 1. The summed E-state index contributed by atoms with van der Waals surface area (Å²) in [7, 11) is 0. The highest BCUT2D eigenvalue weighted by molar-refractivity contribution is 5.73. The summed E-state index contributed by atoms with van der Waals surface area (Å²) in [4.78, 5) is 16.3. The number of rotatable bonds is 8. The summed E-state index contributed by atoms with van der Waals surface area (Å²) < 4.78 is 27.3. The monoisotopic (exact) mass is 479 g/mol. The van der Waals surface area contributed by atoms with Crippen molar-refractivity contribution < 1.29 is 18.7 Å². The number of aliphatic hydroxyl groups is 1. The first-order chi connectivity index (χ1) is 16.8. The molecule has 4 rings (SSSR count). The highest BCUT2D eigenvalue weighted by Crippen LogP contribution is 2.33. The third-order valence-electron chi connectivity index (χ3n) is 6.55. The second-order valence-electron chi connectivity index (χ2n) is 9.29. The van der Waals surface area contributed by atoms with Gasteiger partial charge in [-0.05, 0) is 79.1 Å². The maximum atomic E-state index is 13.6. The van der Waals surface area contributed by atoms with E-state index in [4.69, 9.17) is 0 Å². The molecule has 3 N–H and O–H groups in total. The van der Waals surface area contributed by atoms with Crippen molar-refractivity contribution in [1.82, 2.24) is 15.6 Å². The zero-order valence-electron chi connectivity index (χ0n) is 20.0. The number of nitrogens with zero attached hydrogens (tertiary/aromatic N) is 1. The predicted octanol–water partition coefficient (Wildman–Crippen LogP) is 4.41. The molecule has 0 bridgehead atoms. The maximum Gasteiger partial charge on any atom is 0.217 e. The predicted molar refractivity (Wildman–Crippen MR) is 132 cm³/mol.